The molecule has 0 atom stereocenters. The van der Waals surface area contributed by atoms with Crippen LogP contribution in [0.1, 0.15) is 10.4 Å². The highest BCUT2D eigenvalue weighted by atomic mass is 35.5. The lowest BCUT2D eigenvalue weighted by Gasteiger charge is -2.13. The summed E-state index contributed by atoms with van der Waals surface area (Å²) in [5.41, 5.74) is 0.526. The van der Waals surface area contributed by atoms with E-state index in [1.807, 2.05) is 0 Å². The minimum Gasteiger partial charge on any atom is -0.497 e. The van der Waals surface area contributed by atoms with Crippen molar-refractivity contribution in [1.82, 2.24) is 4.98 Å². The monoisotopic (exact) mass is 308 g/mol. The van der Waals surface area contributed by atoms with Gasteiger partial charge in [0.15, 0.2) is 0 Å². The fraction of sp³-hybridized carbons (Fsp3) is 0.143. The number of hydrogen-bond acceptors (Lipinski definition) is 5. The van der Waals surface area contributed by atoms with Crippen molar-refractivity contribution in [3.05, 3.63) is 41.0 Å². The Morgan fingerprint density at radius 2 is 2.00 bits per heavy atom. The Morgan fingerprint density at radius 3 is 2.62 bits per heavy atom. The van der Waals surface area contributed by atoms with Crippen molar-refractivity contribution in [3.8, 4) is 11.5 Å². The van der Waals surface area contributed by atoms with Gasteiger partial charge in [-0.25, -0.2) is 9.78 Å². The number of carboxylic acid groups (broad SMARTS) is 1. The summed E-state index contributed by atoms with van der Waals surface area (Å²) in [6, 6.07) is 7.90. The lowest BCUT2D eigenvalue weighted by Crippen LogP contribution is -2.06. The molecule has 0 aliphatic rings. The molecule has 0 amide bonds. The van der Waals surface area contributed by atoms with Crippen LogP contribution in [-0.4, -0.2) is 30.3 Å². The van der Waals surface area contributed by atoms with Crippen LogP contribution in [0, 0.1) is 0 Å². The predicted octanol–water partition coefficient (Wildman–Crippen LogP) is 3.19. The molecule has 6 nitrogen and oxygen atoms in total. The van der Waals surface area contributed by atoms with E-state index in [1.165, 1.54) is 26.4 Å². The molecule has 0 spiro atoms. The van der Waals surface area contributed by atoms with E-state index in [0.29, 0.717) is 17.2 Å². The maximum Gasteiger partial charge on any atom is 0.339 e. The number of anilines is 2. The van der Waals surface area contributed by atoms with E-state index < -0.39 is 5.97 Å². The third-order valence-corrected chi connectivity index (χ3v) is 2.96. The highest BCUT2D eigenvalue weighted by Crippen LogP contribution is 2.32. The summed E-state index contributed by atoms with van der Waals surface area (Å²) in [7, 11) is 3.04. The number of aromatic carboxylic acids is 1. The van der Waals surface area contributed by atoms with E-state index in [9.17, 15) is 9.90 Å². The van der Waals surface area contributed by atoms with E-state index in [2.05, 4.69) is 10.3 Å². The second-order valence-corrected chi connectivity index (χ2v) is 4.41. The zero-order valence-electron chi connectivity index (χ0n) is 11.4. The first-order valence-electron chi connectivity index (χ1n) is 5.94. The quantitative estimate of drug-likeness (QED) is 0.826. The number of hydrogen-bond donors (Lipinski definition) is 2. The molecule has 1 aromatic heterocycles. The molecule has 7 heteroatoms. The number of nitrogens with zero attached hydrogens (tertiary/aromatic N) is 1. The number of rotatable bonds is 5. The van der Waals surface area contributed by atoms with Crippen LogP contribution in [-0.2, 0) is 0 Å². The van der Waals surface area contributed by atoms with Crippen molar-refractivity contribution < 1.29 is 19.4 Å². The van der Waals surface area contributed by atoms with Gasteiger partial charge in [-0.3, -0.25) is 0 Å². The molecule has 0 radical (unpaired) electrons. The first-order valence-corrected chi connectivity index (χ1v) is 6.32. The second kappa shape index (κ2) is 6.32. The molecule has 0 unspecified atom stereocenters. The number of aromatic nitrogens is 1. The van der Waals surface area contributed by atoms with Crippen LogP contribution < -0.4 is 14.8 Å². The predicted molar refractivity (Wildman–Crippen MR) is 79.0 cm³/mol. The van der Waals surface area contributed by atoms with Crippen LogP contribution in [0.25, 0.3) is 0 Å². The zero-order valence-corrected chi connectivity index (χ0v) is 12.1. The smallest absolute Gasteiger partial charge is 0.339 e. The van der Waals surface area contributed by atoms with Crippen molar-refractivity contribution in [2.24, 2.45) is 0 Å². The summed E-state index contributed by atoms with van der Waals surface area (Å²) in [4.78, 5) is 15.2. The van der Waals surface area contributed by atoms with Crippen LogP contribution in [0.3, 0.4) is 0 Å². The third kappa shape index (κ3) is 3.35. The number of halogens is 1. The van der Waals surface area contributed by atoms with Gasteiger partial charge in [0.2, 0.25) is 0 Å². The SMILES string of the molecule is COc1ccc(OC)c(Nc2nc(Cl)ccc2C(=O)O)c1. The van der Waals surface area contributed by atoms with Crippen LogP contribution >= 0.6 is 11.6 Å². The van der Waals surface area contributed by atoms with Crippen LogP contribution in [0.4, 0.5) is 11.5 Å². The van der Waals surface area contributed by atoms with E-state index in [0.717, 1.165) is 0 Å². The van der Waals surface area contributed by atoms with E-state index in [-0.39, 0.29) is 16.5 Å². The van der Waals surface area contributed by atoms with Crippen molar-refractivity contribution in [2.75, 3.05) is 19.5 Å². The van der Waals surface area contributed by atoms with Gasteiger partial charge in [-0.05, 0) is 24.3 Å². The van der Waals surface area contributed by atoms with Crippen LogP contribution in [0.15, 0.2) is 30.3 Å². The highest BCUT2D eigenvalue weighted by molar-refractivity contribution is 6.29. The van der Waals surface area contributed by atoms with E-state index in [1.54, 1.807) is 18.2 Å². The van der Waals surface area contributed by atoms with Gasteiger partial charge < -0.3 is 19.9 Å². The Balaban J connectivity index is 2.46. The Bertz CT molecular complexity index is 676. The first-order chi connectivity index (χ1) is 10.0. The Hall–Kier alpha value is -2.47. The average Bonchev–Trinajstić information content (AvgIpc) is 2.47. The molecular formula is C14H13ClN2O4. The summed E-state index contributed by atoms with van der Waals surface area (Å²) in [6.45, 7) is 0. The van der Waals surface area contributed by atoms with Gasteiger partial charge in [0, 0.05) is 6.07 Å². The molecular weight excluding hydrogens is 296 g/mol. The topological polar surface area (TPSA) is 80.7 Å². The third-order valence-electron chi connectivity index (χ3n) is 2.75. The molecule has 110 valence electrons. The molecule has 0 aliphatic heterocycles. The van der Waals surface area contributed by atoms with Crippen molar-refractivity contribution in [3.63, 3.8) is 0 Å². The molecule has 0 saturated carbocycles. The largest absolute Gasteiger partial charge is 0.497 e. The summed E-state index contributed by atoms with van der Waals surface area (Å²) in [6.07, 6.45) is 0. The van der Waals surface area contributed by atoms with Gasteiger partial charge in [-0.2, -0.15) is 0 Å². The number of pyridine rings is 1. The summed E-state index contributed by atoms with van der Waals surface area (Å²) in [5.74, 6) is 0.135. The Morgan fingerprint density at radius 1 is 1.24 bits per heavy atom. The zero-order chi connectivity index (χ0) is 15.4. The standard InChI is InChI=1S/C14H13ClN2O4/c1-20-8-3-5-11(21-2)10(7-8)16-13-9(14(18)19)4-6-12(15)17-13/h3-7H,1-2H3,(H,16,17)(H,18,19). The maximum atomic E-state index is 11.2. The molecule has 1 aromatic carbocycles. The van der Waals surface area contributed by atoms with Gasteiger partial charge in [0.1, 0.15) is 28.0 Å². The molecule has 0 bridgehead atoms. The number of carbonyl (C=O) groups is 1. The van der Waals surface area contributed by atoms with Crippen molar-refractivity contribution in [1.29, 1.82) is 0 Å². The van der Waals surface area contributed by atoms with Crippen molar-refractivity contribution >= 4 is 29.1 Å². The molecule has 2 aromatic rings. The minimum absolute atomic E-state index is 0.00396. The van der Waals surface area contributed by atoms with Gasteiger partial charge >= 0.3 is 5.97 Å². The van der Waals surface area contributed by atoms with E-state index >= 15 is 0 Å². The van der Waals surface area contributed by atoms with Gasteiger partial charge in [0.25, 0.3) is 0 Å². The average molecular weight is 309 g/mol. The first kappa shape index (κ1) is 14.9. The van der Waals surface area contributed by atoms with Crippen molar-refractivity contribution in [2.45, 2.75) is 0 Å². The molecule has 0 aliphatic carbocycles. The molecule has 2 N–H and O–H groups in total. The Kier molecular flexibility index (Phi) is 4.49. The van der Waals surface area contributed by atoms with Gasteiger partial charge in [-0.1, -0.05) is 11.6 Å². The molecule has 21 heavy (non-hydrogen) atoms. The van der Waals surface area contributed by atoms with Gasteiger partial charge in [0.05, 0.1) is 19.9 Å². The summed E-state index contributed by atoms with van der Waals surface area (Å²) < 4.78 is 10.4. The second-order valence-electron chi connectivity index (χ2n) is 4.03. The number of benzene rings is 1. The number of methoxy groups -OCH3 is 2. The fourth-order valence-electron chi connectivity index (χ4n) is 1.74. The van der Waals surface area contributed by atoms with E-state index in [4.69, 9.17) is 21.1 Å². The number of ether oxygens (including phenoxy) is 2. The molecule has 2 rings (SSSR count). The molecule has 0 fully saturated rings. The lowest BCUT2D eigenvalue weighted by molar-refractivity contribution is 0.0697. The molecule has 1 heterocycles. The summed E-state index contributed by atoms with van der Waals surface area (Å²) in [5, 5.41) is 12.3. The van der Waals surface area contributed by atoms with Gasteiger partial charge in [-0.15, -0.1) is 0 Å². The highest BCUT2D eigenvalue weighted by Gasteiger charge is 2.14. The number of carboxylic acids is 1. The summed E-state index contributed by atoms with van der Waals surface area (Å²) >= 11 is 5.82. The van der Waals surface area contributed by atoms with Crippen LogP contribution in [0.2, 0.25) is 5.15 Å². The minimum atomic E-state index is -1.11. The lowest BCUT2D eigenvalue weighted by atomic mass is 10.2. The fourth-order valence-corrected chi connectivity index (χ4v) is 1.89. The molecule has 0 saturated heterocycles. The Labute approximate surface area is 126 Å². The number of nitrogens with one attached hydrogen (secondary N) is 1. The maximum absolute atomic E-state index is 11.2. The normalized spacial score (nSPS) is 10.0. The van der Waals surface area contributed by atoms with Crippen LogP contribution in [0.5, 0.6) is 11.5 Å².